The minimum absolute atomic E-state index is 0.0954. The molecule has 2 aromatic carbocycles. The van der Waals surface area contributed by atoms with Crippen LogP contribution in [0.2, 0.25) is 0 Å². The number of carbonyl (C=O) groups excluding carboxylic acids is 1. The zero-order valence-electron chi connectivity index (χ0n) is 26.1. The largest absolute Gasteiger partial charge is 0.444 e. The smallest absolute Gasteiger partial charge is 0.417 e. The molecule has 1 amide bonds. The minimum Gasteiger partial charge on any atom is -0.444 e. The molecule has 2 unspecified atom stereocenters. The highest BCUT2D eigenvalue weighted by atomic mass is 32.1. The molecule has 2 fully saturated rings. The minimum atomic E-state index is -5.05. The summed E-state index contributed by atoms with van der Waals surface area (Å²) in [5, 5.41) is 15.4. The molecule has 8 nitrogen and oxygen atoms in total. The standard InChI is InChI=1S/C30H27F5N6O2S.C2H6/c1-13-37-24-17(26(38-13)41-11-14-5-6-15(12-41)39-14)9-19(30(33,34)35)22(23(24)32)16-7-8-20(31)25-21(16)18(10-36)27(44-25)40-28(42)43-29(2,3)4;1-2/h7-9,14-15,39H,5-6,11-12H2,1-4H3,(H,40,42);1-2H3. The number of hydrogen-bond donors (Lipinski definition) is 2. The first kappa shape index (κ1) is 33.3. The molecule has 2 aliphatic heterocycles. The van der Waals surface area contributed by atoms with E-state index < -0.39 is 40.6 Å². The van der Waals surface area contributed by atoms with Crippen LogP contribution >= 0.6 is 11.3 Å². The van der Waals surface area contributed by atoms with Crippen LogP contribution in [0, 0.1) is 29.9 Å². The van der Waals surface area contributed by atoms with Crippen molar-refractivity contribution in [1.82, 2.24) is 15.3 Å². The number of benzene rings is 2. The van der Waals surface area contributed by atoms with Crippen molar-refractivity contribution < 1.29 is 31.5 Å². The SMILES string of the molecule is CC.Cc1nc(N2CC3CCC(C2)N3)c2cc(C(F)(F)F)c(-c3ccc(F)c4sc(NC(=O)OC(C)(C)C)c(C#N)c34)c(F)c2n1. The molecule has 4 heterocycles. The van der Waals surface area contributed by atoms with Gasteiger partial charge in [-0.2, -0.15) is 18.4 Å². The molecule has 2 aliphatic rings. The first-order valence-corrected chi connectivity index (χ1v) is 15.7. The zero-order chi connectivity index (χ0) is 33.7. The maximum absolute atomic E-state index is 16.6. The quantitative estimate of drug-likeness (QED) is 0.213. The lowest BCUT2D eigenvalue weighted by Crippen LogP contribution is -2.51. The summed E-state index contributed by atoms with van der Waals surface area (Å²) < 4.78 is 81.1. The molecular weight excluding hydrogens is 627 g/mol. The first-order chi connectivity index (χ1) is 21.6. The van der Waals surface area contributed by atoms with Crippen LogP contribution < -0.4 is 15.5 Å². The van der Waals surface area contributed by atoms with Crippen LogP contribution in [-0.4, -0.2) is 46.8 Å². The van der Waals surface area contributed by atoms with Crippen LogP contribution in [0.25, 0.3) is 32.1 Å². The Kier molecular flexibility index (Phi) is 8.87. The van der Waals surface area contributed by atoms with Gasteiger partial charge in [0.2, 0.25) is 0 Å². The fourth-order valence-corrected chi connectivity index (χ4v) is 7.06. The van der Waals surface area contributed by atoms with E-state index in [0.717, 1.165) is 31.0 Å². The van der Waals surface area contributed by atoms with Crippen molar-refractivity contribution in [2.24, 2.45) is 0 Å². The molecule has 4 aromatic rings. The second kappa shape index (κ2) is 12.3. The molecule has 2 aromatic heterocycles. The van der Waals surface area contributed by atoms with Crippen molar-refractivity contribution >= 4 is 49.2 Å². The van der Waals surface area contributed by atoms with Crippen molar-refractivity contribution in [1.29, 1.82) is 5.26 Å². The summed E-state index contributed by atoms with van der Waals surface area (Å²) in [5.41, 5.74) is -4.11. The van der Waals surface area contributed by atoms with E-state index in [-0.39, 0.29) is 60.8 Å². The number of halogens is 5. The number of amides is 1. The highest BCUT2D eigenvalue weighted by Gasteiger charge is 2.39. The molecule has 0 spiro atoms. The average molecular weight is 661 g/mol. The lowest BCUT2D eigenvalue weighted by Gasteiger charge is -2.34. The van der Waals surface area contributed by atoms with Gasteiger partial charge in [0.1, 0.15) is 39.6 Å². The molecule has 0 radical (unpaired) electrons. The van der Waals surface area contributed by atoms with Crippen molar-refractivity contribution in [2.45, 2.75) is 78.2 Å². The number of rotatable bonds is 3. The second-order valence-electron chi connectivity index (χ2n) is 12.0. The van der Waals surface area contributed by atoms with Gasteiger partial charge in [0.05, 0.1) is 15.8 Å². The maximum atomic E-state index is 16.6. The monoisotopic (exact) mass is 660 g/mol. The number of hydrogen-bond acceptors (Lipinski definition) is 8. The molecular formula is C32H33F5N6O2S. The number of carbonyl (C=O) groups is 1. The average Bonchev–Trinajstić information content (AvgIpc) is 3.51. The Morgan fingerprint density at radius 2 is 1.78 bits per heavy atom. The lowest BCUT2D eigenvalue weighted by atomic mass is 9.92. The van der Waals surface area contributed by atoms with E-state index in [0.29, 0.717) is 24.4 Å². The molecule has 2 saturated heterocycles. The maximum Gasteiger partial charge on any atom is 0.417 e. The van der Waals surface area contributed by atoms with Crippen molar-refractivity contribution in [2.75, 3.05) is 23.3 Å². The number of aryl methyl sites for hydroxylation is 1. The number of aromatic nitrogens is 2. The van der Waals surface area contributed by atoms with Gasteiger partial charge < -0.3 is 15.0 Å². The Morgan fingerprint density at radius 3 is 2.37 bits per heavy atom. The number of ether oxygens (including phenoxy) is 1. The number of alkyl halides is 3. The van der Waals surface area contributed by atoms with E-state index in [2.05, 4.69) is 20.6 Å². The molecule has 244 valence electrons. The van der Waals surface area contributed by atoms with Crippen LogP contribution in [0.4, 0.5) is 37.6 Å². The van der Waals surface area contributed by atoms with Gasteiger partial charge in [0.15, 0.2) is 5.82 Å². The van der Waals surface area contributed by atoms with Crippen LogP contribution in [-0.2, 0) is 10.9 Å². The molecule has 46 heavy (non-hydrogen) atoms. The van der Waals surface area contributed by atoms with Crippen LogP contribution in [0.3, 0.4) is 0 Å². The first-order valence-electron chi connectivity index (χ1n) is 14.9. The second-order valence-corrected chi connectivity index (χ2v) is 13.0. The van der Waals surface area contributed by atoms with Gasteiger partial charge in [0, 0.05) is 41.5 Å². The Labute approximate surface area is 266 Å². The number of piperazine rings is 1. The summed E-state index contributed by atoms with van der Waals surface area (Å²) in [7, 11) is 0. The predicted octanol–water partition coefficient (Wildman–Crippen LogP) is 8.30. The third kappa shape index (κ3) is 6.18. The number of nitrogens with zero attached hydrogens (tertiary/aromatic N) is 4. The van der Waals surface area contributed by atoms with Crippen molar-refractivity contribution in [3.05, 3.63) is 46.8 Å². The van der Waals surface area contributed by atoms with E-state index in [1.807, 2.05) is 24.8 Å². The highest BCUT2D eigenvalue weighted by molar-refractivity contribution is 7.23. The van der Waals surface area contributed by atoms with Crippen molar-refractivity contribution in [3.8, 4) is 17.2 Å². The van der Waals surface area contributed by atoms with Gasteiger partial charge in [-0.25, -0.2) is 23.5 Å². The van der Waals surface area contributed by atoms with Crippen LogP contribution in [0.5, 0.6) is 0 Å². The molecule has 0 aliphatic carbocycles. The van der Waals surface area contributed by atoms with Gasteiger partial charge in [-0.05, 0) is 58.2 Å². The van der Waals surface area contributed by atoms with Crippen LogP contribution in [0.15, 0.2) is 18.2 Å². The Morgan fingerprint density at radius 1 is 1.13 bits per heavy atom. The van der Waals surface area contributed by atoms with Gasteiger partial charge in [-0.3, -0.25) is 5.32 Å². The summed E-state index contributed by atoms with van der Waals surface area (Å²) >= 11 is 0.640. The summed E-state index contributed by atoms with van der Waals surface area (Å²) in [6, 6.07) is 4.88. The zero-order valence-corrected chi connectivity index (χ0v) is 26.9. The van der Waals surface area contributed by atoms with Crippen molar-refractivity contribution in [3.63, 3.8) is 0 Å². The summed E-state index contributed by atoms with van der Waals surface area (Å²) in [6.07, 6.45) is -4.15. The number of thiophene rings is 1. The number of nitrogens with one attached hydrogen (secondary N) is 2. The third-order valence-corrected chi connectivity index (χ3v) is 8.74. The van der Waals surface area contributed by atoms with E-state index in [9.17, 15) is 23.2 Å². The van der Waals surface area contributed by atoms with E-state index >= 15 is 8.78 Å². The highest BCUT2D eigenvalue weighted by Crippen LogP contribution is 2.48. The molecule has 2 N–H and O–H groups in total. The number of anilines is 2. The van der Waals surface area contributed by atoms with Gasteiger partial charge in [-0.1, -0.05) is 19.9 Å². The number of nitriles is 1. The van der Waals surface area contributed by atoms with Gasteiger partial charge >= 0.3 is 12.3 Å². The molecule has 2 atom stereocenters. The summed E-state index contributed by atoms with van der Waals surface area (Å²) in [4.78, 5) is 23.0. The molecule has 6 rings (SSSR count). The lowest BCUT2D eigenvalue weighted by molar-refractivity contribution is -0.137. The summed E-state index contributed by atoms with van der Waals surface area (Å²) in [6.45, 7) is 11.4. The van der Waals surface area contributed by atoms with E-state index in [1.54, 1.807) is 20.8 Å². The number of fused-ring (bicyclic) bond motifs is 4. The summed E-state index contributed by atoms with van der Waals surface area (Å²) in [5.74, 6) is -1.75. The normalized spacial score (nSPS) is 17.9. The Bertz CT molecular complexity index is 1870. The molecule has 0 saturated carbocycles. The van der Waals surface area contributed by atoms with Gasteiger partial charge in [-0.15, -0.1) is 11.3 Å². The predicted molar refractivity (Wildman–Crippen MR) is 168 cm³/mol. The van der Waals surface area contributed by atoms with E-state index in [1.165, 1.54) is 6.92 Å². The van der Waals surface area contributed by atoms with E-state index in [4.69, 9.17) is 4.74 Å². The molecule has 14 heteroatoms. The van der Waals surface area contributed by atoms with Gasteiger partial charge in [0.25, 0.3) is 0 Å². The van der Waals surface area contributed by atoms with Crippen LogP contribution in [0.1, 0.15) is 64.4 Å². The fourth-order valence-electron chi connectivity index (χ4n) is 5.99. The Balaban J connectivity index is 0.00000204. The Hall–Kier alpha value is -4.09. The third-order valence-electron chi connectivity index (χ3n) is 7.63. The topological polar surface area (TPSA) is 103 Å². The fraction of sp³-hybridized carbons (Fsp3) is 0.438. The molecule has 2 bridgehead atoms.